The van der Waals surface area contributed by atoms with E-state index in [9.17, 15) is 9.59 Å². The Hall–Kier alpha value is -2.51. The molecule has 0 unspecified atom stereocenters. The molecule has 1 aliphatic rings. The maximum atomic E-state index is 11.8. The lowest BCUT2D eigenvalue weighted by Gasteiger charge is -2.04. The Bertz CT molecular complexity index is 669. The van der Waals surface area contributed by atoms with E-state index < -0.39 is 0 Å². The van der Waals surface area contributed by atoms with E-state index >= 15 is 0 Å². The molecule has 0 saturated carbocycles. The van der Waals surface area contributed by atoms with Gasteiger partial charge < -0.3 is 20.9 Å². The number of rotatable bonds is 2. The molecule has 94 valence electrons. The molecule has 5 N–H and O–H groups in total. The summed E-state index contributed by atoms with van der Waals surface area (Å²) in [6.45, 7) is 1.86. The van der Waals surface area contributed by atoms with Crippen molar-refractivity contribution in [2.75, 3.05) is 18.8 Å². The lowest BCUT2D eigenvalue weighted by Crippen LogP contribution is -2.28. The van der Waals surface area contributed by atoms with Gasteiger partial charge in [-0.15, -0.1) is 0 Å². The molecule has 0 spiro atoms. The fraction of sp³-hybridized carbons (Fsp3) is 0.300. The van der Waals surface area contributed by atoms with Gasteiger partial charge in [0.1, 0.15) is 5.65 Å². The average molecular weight is 248 g/mol. The van der Waals surface area contributed by atoms with Gasteiger partial charge in [-0.05, 0) is 0 Å². The van der Waals surface area contributed by atoms with Crippen LogP contribution in [0.2, 0.25) is 0 Å². The first-order valence-electron chi connectivity index (χ1n) is 5.53. The van der Waals surface area contributed by atoms with Crippen LogP contribution in [0.3, 0.4) is 0 Å². The summed E-state index contributed by atoms with van der Waals surface area (Å²) < 4.78 is 0. The van der Waals surface area contributed by atoms with Crippen LogP contribution in [0.25, 0.3) is 11.0 Å². The quantitative estimate of drug-likeness (QED) is 0.528. The summed E-state index contributed by atoms with van der Waals surface area (Å²) in [5.74, 6) is 0.0639. The minimum absolute atomic E-state index is 0.0639. The van der Waals surface area contributed by atoms with E-state index in [4.69, 9.17) is 5.73 Å². The van der Waals surface area contributed by atoms with Crippen molar-refractivity contribution < 1.29 is 4.79 Å². The van der Waals surface area contributed by atoms with Gasteiger partial charge in [0.05, 0.1) is 5.39 Å². The Labute approximate surface area is 101 Å². The molecular formula is C10H12N6O2. The normalized spacial score (nSPS) is 13.9. The highest BCUT2D eigenvalue weighted by Gasteiger charge is 2.23. The van der Waals surface area contributed by atoms with Gasteiger partial charge in [0, 0.05) is 31.4 Å². The Kier molecular flexibility index (Phi) is 2.22. The monoisotopic (exact) mass is 248 g/mol. The standard InChI is InChI=1S/C10H12N6O2/c11-9-14-7-6(8(17)15-9)5(3-12-7)4-13-10(18)16-1-2-16/h3H,1-2,4H2,(H,13,18)(H4,11,12,14,15,17). The SMILES string of the molecule is Nc1nc2[nH]cc(CNC(=O)N3CC3)c2c(=O)[nH]1. The molecule has 3 heterocycles. The van der Waals surface area contributed by atoms with Crippen LogP contribution in [0.4, 0.5) is 10.7 Å². The Morgan fingerprint density at radius 1 is 1.56 bits per heavy atom. The fourth-order valence-electron chi connectivity index (χ4n) is 1.80. The van der Waals surface area contributed by atoms with E-state index in [1.165, 1.54) is 0 Å². The van der Waals surface area contributed by atoms with Gasteiger partial charge in [0.25, 0.3) is 5.56 Å². The van der Waals surface area contributed by atoms with Crippen LogP contribution in [0, 0.1) is 0 Å². The number of aromatic nitrogens is 3. The predicted octanol–water partition coefficient (Wildman–Crippen LogP) is -0.641. The number of nitrogens with one attached hydrogen (secondary N) is 3. The highest BCUT2D eigenvalue weighted by atomic mass is 16.2. The van der Waals surface area contributed by atoms with Crippen LogP contribution in [-0.2, 0) is 6.54 Å². The highest BCUT2D eigenvalue weighted by Crippen LogP contribution is 2.12. The van der Waals surface area contributed by atoms with E-state index in [2.05, 4.69) is 20.3 Å². The second-order valence-corrected chi connectivity index (χ2v) is 4.13. The molecule has 0 aromatic carbocycles. The van der Waals surface area contributed by atoms with Crippen LogP contribution < -0.4 is 16.6 Å². The molecule has 8 nitrogen and oxygen atoms in total. The minimum atomic E-state index is -0.310. The topological polar surface area (TPSA) is 120 Å². The summed E-state index contributed by atoms with van der Waals surface area (Å²) in [5.41, 5.74) is 6.24. The number of hydrogen-bond acceptors (Lipinski definition) is 4. The van der Waals surface area contributed by atoms with Gasteiger partial charge in [-0.3, -0.25) is 9.78 Å². The number of carbonyl (C=O) groups is 1. The van der Waals surface area contributed by atoms with Gasteiger partial charge >= 0.3 is 6.03 Å². The number of H-pyrrole nitrogens is 2. The Morgan fingerprint density at radius 2 is 2.33 bits per heavy atom. The van der Waals surface area contributed by atoms with Crippen LogP contribution in [0.1, 0.15) is 5.56 Å². The molecule has 0 aliphatic carbocycles. The summed E-state index contributed by atoms with van der Waals surface area (Å²) in [6, 6.07) is -0.121. The smallest absolute Gasteiger partial charge is 0.317 e. The van der Waals surface area contributed by atoms with Gasteiger partial charge in [0.15, 0.2) is 0 Å². The van der Waals surface area contributed by atoms with E-state index in [0.29, 0.717) is 16.6 Å². The van der Waals surface area contributed by atoms with E-state index in [-0.39, 0.29) is 24.1 Å². The summed E-state index contributed by atoms with van der Waals surface area (Å²) in [7, 11) is 0. The zero-order chi connectivity index (χ0) is 12.7. The van der Waals surface area contributed by atoms with Gasteiger partial charge in [-0.2, -0.15) is 4.98 Å². The molecule has 0 atom stereocenters. The Morgan fingerprint density at radius 3 is 3.06 bits per heavy atom. The van der Waals surface area contributed by atoms with E-state index in [1.54, 1.807) is 11.1 Å². The number of aromatic amines is 2. The first-order valence-corrected chi connectivity index (χ1v) is 5.53. The van der Waals surface area contributed by atoms with Crippen molar-refractivity contribution in [3.8, 4) is 0 Å². The largest absolute Gasteiger partial charge is 0.369 e. The highest BCUT2D eigenvalue weighted by molar-refractivity contribution is 5.81. The first-order chi connectivity index (χ1) is 8.65. The maximum Gasteiger partial charge on any atom is 0.317 e. The summed E-state index contributed by atoms with van der Waals surface area (Å²) in [5, 5.41) is 3.16. The molecule has 2 aromatic rings. The van der Waals surface area contributed by atoms with Crippen molar-refractivity contribution in [3.63, 3.8) is 0 Å². The van der Waals surface area contributed by atoms with E-state index in [0.717, 1.165) is 13.1 Å². The minimum Gasteiger partial charge on any atom is -0.369 e. The lowest BCUT2D eigenvalue weighted by atomic mass is 10.2. The number of anilines is 1. The number of hydrogen-bond donors (Lipinski definition) is 4. The first kappa shape index (κ1) is 10.6. The Balaban J connectivity index is 1.88. The molecule has 0 bridgehead atoms. The van der Waals surface area contributed by atoms with Crippen molar-refractivity contribution in [2.45, 2.75) is 6.54 Å². The molecule has 3 rings (SSSR count). The molecule has 0 radical (unpaired) electrons. The zero-order valence-corrected chi connectivity index (χ0v) is 9.49. The molecule has 2 amide bonds. The van der Waals surface area contributed by atoms with Gasteiger partial charge in [0.2, 0.25) is 5.95 Å². The molecular weight excluding hydrogens is 236 g/mol. The third-order valence-corrected chi connectivity index (χ3v) is 2.81. The van der Waals surface area contributed by atoms with Crippen LogP contribution in [-0.4, -0.2) is 39.0 Å². The van der Waals surface area contributed by atoms with Crippen LogP contribution in [0.5, 0.6) is 0 Å². The number of nitrogens with zero attached hydrogens (tertiary/aromatic N) is 2. The third-order valence-electron chi connectivity index (χ3n) is 2.81. The summed E-state index contributed by atoms with van der Waals surface area (Å²) >= 11 is 0. The summed E-state index contributed by atoms with van der Waals surface area (Å²) in [4.78, 5) is 34.1. The number of urea groups is 1. The second-order valence-electron chi connectivity index (χ2n) is 4.13. The second kappa shape index (κ2) is 3.76. The number of fused-ring (bicyclic) bond motifs is 1. The van der Waals surface area contributed by atoms with Crippen molar-refractivity contribution in [1.82, 2.24) is 25.2 Å². The molecule has 2 aromatic heterocycles. The number of nitrogen functional groups attached to an aromatic ring is 1. The number of carbonyl (C=O) groups excluding carboxylic acids is 1. The fourth-order valence-corrected chi connectivity index (χ4v) is 1.80. The van der Waals surface area contributed by atoms with Crippen LogP contribution in [0.15, 0.2) is 11.0 Å². The van der Waals surface area contributed by atoms with Crippen LogP contribution >= 0.6 is 0 Å². The van der Waals surface area contributed by atoms with Crippen molar-refractivity contribution in [1.29, 1.82) is 0 Å². The van der Waals surface area contributed by atoms with Crippen molar-refractivity contribution >= 4 is 23.0 Å². The van der Waals surface area contributed by atoms with E-state index in [1.807, 2.05) is 0 Å². The van der Waals surface area contributed by atoms with Crippen molar-refractivity contribution in [3.05, 3.63) is 22.1 Å². The maximum absolute atomic E-state index is 11.8. The van der Waals surface area contributed by atoms with Crippen molar-refractivity contribution in [2.24, 2.45) is 0 Å². The molecule has 1 fully saturated rings. The molecule has 8 heteroatoms. The third kappa shape index (κ3) is 1.77. The zero-order valence-electron chi connectivity index (χ0n) is 9.49. The lowest BCUT2D eigenvalue weighted by molar-refractivity contribution is 0.229. The average Bonchev–Trinajstić information content (AvgIpc) is 3.08. The molecule has 18 heavy (non-hydrogen) atoms. The molecule has 1 saturated heterocycles. The summed E-state index contributed by atoms with van der Waals surface area (Å²) in [6.07, 6.45) is 1.65. The number of amides is 2. The van der Waals surface area contributed by atoms with Gasteiger partial charge in [-0.1, -0.05) is 0 Å². The molecule has 1 aliphatic heterocycles. The number of nitrogens with two attached hydrogens (primary N) is 1. The van der Waals surface area contributed by atoms with Gasteiger partial charge in [-0.25, -0.2) is 4.79 Å². The predicted molar refractivity (Wildman–Crippen MR) is 64.9 cm³/mol.